The lowest BCUT2D eigenvalue weighted by atomic mass is 9.79. The van der Waals surface area contributed by atoms with Crippen molar-refractivity contribution in [2.45, 2.75) is 51.1 Å². The van der Waals surface area contributed by atoms with Crippen LogP contribution in [0.5, 0.6) is 5.75 Å². The number of aryl methyl sites for hydroxylation is 2. The maximum atomic E-state index is 12.6. The Hall–Kier alpha value is -2.61. The Labute approximate surface area is 147 Å². The topological polar surface area (TPSA) is 52.7 Å². The number of rotatable bonds is 4. The van der Waals surface area contributed by atoms with Gasteiger partial charge in [0, 0.05) is 56.2 Å². The quantitative estimate of drug-likeness (QED) is 0.802. The second-order valence-electron chi connectivity index (χ2n) is 6.83. The number of ether oxygens (including phenoxy) is 1. The minimum atomic E-state index is -0.524. The second kappa shape index (κ2) is 6.72. The molecule has 130 valence electrons. The van der Waals surface area contributed by atoms with E-state index in [0.717, 1.165) is 16.5 Å². The number of ketones is 1. The molecule has 0 unspecified atom stereocenters. The summed E-state index contributed by atoms with van der Waals surface area (Å²) in [5.41, 5.74) is 1.17. The summed E-state index contributed by atoms with van der Waals surface area (Å²) in [5.74, 6) is 0.941. The molecule has 5 nitrogen and oxygen atoms in total. The zero-order valence-electron chi connectivity index (χ0n) is 14.7. The number of carbonyl (C=O) groups is 1. The van der Waals surface area contributed by atoms with E-state index in [0.29, 0.717) is 44.4 Å². The lowest BCUT2D eigenvalue weighted by molar-refractivity contribution is -0.121. The third-order valence-electron chi connectivity index (χ3n) is 5.30. The van der Waals surface area contributed by atoms with E-state index in [1.54, 1.807) is 17.7 Å². The summed E-state index contributed by atoms with van der Waals surface area (Å²) in [6.07, 6.45) is 2.72. The van der Waals surface area contributed by atoms with Crippen molar-refractivity contribution in [1.82, 2.24) is 4.57 Å². The molecule has 1 heterocycles. The summed E-state index contributed by atoms with van der Waals surface area (Å²) < 4.78 is 7.03. The summed E-state index contributed by atoms with van der Waals surface area (Å²) in [5, 5.41) is 1.01. The van der Waals surface area contributed by atoms with E-state index in [2.05, 4.69) is 4.85 Å². The number of fused-ring (bicyclic) bond motifs is 1. The third kappa shape index (κ3) is 3.30. The number of nitrogens with zero attached hydrogens (tertiary/aromatic N) is 2. The Morgan fingerprint density at radius 2 is 1.96 bits per heavy atom. The van der Waals surface area contributed by atoms with Crippen molar-refractivity contribution in [3.05, 3.63) is 51.6 Å². The van der Waals surface area contributed by atoms with Crippen molar-refractivity contribution in [2.75, 3.05) is 7.11 Å². The molecule has 0 N–H and O–H groups in total. The monoisotopic (exact) mass is 338 g/mol. The molecule has 1 fully saturated rings. The molecular formula is C20H22N2O3. The normalized spacial score (nSPS) is 16.6. The fourth-order valence-corrected chi connectivity index (χ4v) is 3.62. The van der Waals surface area contributed by atoms with E-state index >= 15 is 0 Å². The highest BCUT2D eigenvalue weighted by Gasteiger charge is 2.40. The van der Waals surface area contributed by atoms with Crippen molar-refractivity contribution in [3.8, 4) is 5.75 Å². The zero-order chi connectivity index (χ0) is 18.0. The Bertz CT molecular complexity index is 911. The largest absolute Gasteiger partial charge is 0.497 e. The number of pyridine rings is 1. The van der Waals surface area contributed by atoms with Crippen LogP contribution in [0.4, 0.5) is 0 Å². The second-order valence-corrected chi connectivity index (χ2v) is 6.83. The lowest BCUT2D eigenvalue weighted by Gasteiger charge is -2.26. The van der Waals surface area contributed by atoms with Gasteiger partial charge in [0.05, 0.1) is 12.6 Å². The van der Waals surface area contributed by atoms with Crippen molar-refractivity contribution in [3.63, 3.8) is 0 Å². The standard InChI is InChI=1S/C20H22N2O3/c1-14-12-19(24)22(18-13-16(25-3)4-5-17(14)18)11-10-20(21-2)8-6-15(23)7-9-20/h4-5,12-13H,6-11H2,1,3H3. The van der Waals surface area contributed by atoms with Crippen LogP contribution in [-0.2, 0) is 11.3 Å². The van der Waals surface area contributed by atoms with Gasteiger partial charge in [-0.3, -0.25) is 9.59 Å². The van der Waals surface area contributed by atoms with Crippen LogP contribution in [0, 0.1) is 13.5 Å². The van der Waals surface area contributed by atoms with Gasteiger partial charge in [-0.2, -0.15) is 0 Å². The van der Waals surface area contributed by atoms with E-state index in [9.17, 15) is 9.59 Å². The molecule has 0 amide bonds. The Morgan fingerprint density at radius 3 is 2.60 bits per heavy atom. The number of benzene rings is 1. The van der Waals surface area contributed by atoms with Gasteiger partial charge in [0.25, 0.3) is 5.56 Å². The number of aromatic nitrogens is 1. The van der Waals surface area contributed by atoms with Crippen LogP contribution in [0.15, 0.2) is 29.1 Å². The van der Waals surface area contributed by atoms with Gasteiger partial charge >= 0.3 is 0 Å². The molecule has 0 saturated heterocycles. The molecule has 3 rings (SSSR count). The van der Waals surface area contributed by atoms with Gasteiger partial charge in [-0.1, -0.05) is 0 Å². The molecule has 1 saturated carbocycles. The minimum Gasteiger partial charge on any atom is -0.497 e. The first-order valence-electron chi connectivity index (χ1n) is 8.56. The summed E-state index contributed by atoms with van der Waals surface area (Å²) in [6, 6.07) is 7.36. The smallest absolute Gasteiger partial charge is 0.251 e. The predicted octanol–water partition coefficient (Wildman–Crippen LogP) is 3.51. The molecular weight excluding hydrogens is 316 g/mol. The molecule has 0 radical (unpaired) electrons. The summed E-state index contributed by atoms with van der Waals surface area (Å²) in [7, 11) is 1.60. The molecule has 0 aliphatic heterocycles. The SMILES string of the molecule is [C-]#[N+]C1(CCn2c(=O)cc(C)c3ccc(OC)cc32)CCC(=O)CC1. The zero-order valence-corrected chi connectivity index (χ0v) is 14.7. The maximum Gasteiger partial charge on any atom is 0.251 e. The number of carbonyl (C=O) groups excluding carboxylic acids is 1. The molecule has 1 aromatic heterocycles. The van der Waals surface area contributed by atoms with Crippen molar-refractivity contribution in [2.24, 2.45) is 0 Å². The highest BCUT2D eigenvalue weighted by molar-refractivity contribution is 5.83. The molecule has 0 bridgehead atoms. The van der Waals surface area contributed by atoms with Gasteiger partial charge in [0.1, 0.15) is 11.5 Å². The van der Waals surface area contributed by atoms with E-state index in [1.807, 2.05) is 25.1 Å². The first kappa shape index (κ1) is 17.2. The van der Waals surface area contributed by atoms with Crippen LogP contribution in [0.25, 0.3) is 15.7 Å². The Morgan fingerprint density at radius 1 is 1.24 bits per heavy atom. The van der Waals surface area contributed by atoms with Gasteiger partial charge in [0.15, 0.2) is 0 Å². The van der Waals surface area contributed by atoms with E-state index < -0.39 is 5.54 Å². The number of hydrogen-bond acceptors (Lipinski definition) is 3. The molecule has 1 aliphatic carbocycles. The summed E-state index contributed by atoms with van der Waals surface area (Å²) >= 11 is 0. The highest BCUT2D eigenvalue weighted by Crippen LogP contribution is 2.34. The fourth-order valence-electron chi connectivity index (χ4n) is 3.62. The van der Waals surface area contributed by atoms with Crippen LogP contribution in [0.2, 0.25) is 0 Å². The lowest BCUT2D eigenvalue weighted by Crippen LogP contribution is -2.34. The van der Waals surface area contributed by atoms with Crippen LogP contribution in [0.1, 0.15) is 37.7 Å². The van der Waals surface area contributed by atoms with Gasteiger partial charge < -0.3 is 14.1 Å². The number of hydrogen-bond donors (Lipinski definition) is 0. The summed E-state index contributed by atoms with van der Waals surface area (Å²) in [4.78, 5) is 27.9. The average Bonchev–Trinajstić information content (AvgIpc) is 2.62. The first-order valence-corrected chi connectivity index (χ1v) is 8.56. The van der Waals surface area contributed by atoms with Crippen molar-refractivity contribution >= 4 is 16.7 Å². The molecule has 0 atom stereocenters. The molecule has 5 heteroatoms. The predicted molar refractivity (Wildman–Crippen MR) is 96.9 cm³/mol. The van der Waals surface area contributed by atoms with Crippen LogP contribution in [0.3, 0.4) is 0 Å². The van der Waals surface area contributed by atoms with Crippen molar-refractivity contribution < 1.29 is 9.53 Å². The minimum absolute atomic E-state index is 0.0646. The van der Waals surface area contributed by atoms with Gasteiger partial charge in [-0.25, -0.2) is 6.57 Å². The Balaban J connectivity index is 1.97. The van der Waals surface area contributed by atoms with Crippen LogP contribution >= 0.6 is 0 Å². The first-order chi connectivity index (χ1) is 12.0. The molecule has 1 aromatic carbocycles. The average molecular weight is 338 g/mol. The number of methoxy groups -OCH3 is 1. The Kier molecular flexibility index (Phi) is 4.63. The molecule has 2 aromatic rings. The highest BCUT2D eigenvalue weighted by atomic mass is 16.5. The fraction of sp³-hybridized carbons (Fsp3) is 0.450. The molecule has 25 heavy (non-hydrogen) atoms. The van der Waals surface area contributed by atoms with Gasteiger partial charge in [0.2, 0.25) is 5.54 Å². The maximum absolute atomic E-state index is 12.6. The molecule has 0 spiro atoms. The van der Waals surface area contributed by atoms with E-state index in [-0.39, 0.29) is 11.3 Å². The summed E-state index contributed by atoms with van der Waals surface area (Å²) in [6.45, 7) is 9.99. The van der Waals surface area contributed by atoms with Crippen LogP contribution < -0.4 is 10.3 Å². The number of Topliss-reactive ketones (excluding diaryl/α,β-unsaturated/α-hetero) is 1. The van der Waals surface area contributed by atoms with E-state index in [4.69, 9.17) is 11.3 Å². The van der Waals surface area contributed by atoms with Gasteiger partial charge in [-0.05, 0) is 24.6 Å². The van der Waals surface area contributed by atoms with Crippen molar-refractivity contribution in [1.29, 1.82) is 0 Å². The van der Waals surface area contributed by atoms with Gasteiger partial charge in [-0.15, -0.1) is 0 Å². The van der Waals surface area contributed by atoms with E-state index in [1.165, 1.54) is 0 Å². The third-order valence-corrected chi connectivity index (χ3v) is 5.30. The molecule has 1 aliphatic rings. The van der Waals surface area contributed by atoms with Crippen LogP contribution in [-0.4, -0.2) is 23.0 Å².